The number of nitrogens with zero attached hydrogens (tertiary/aromatic N) is 1. The van der Waals surface area contributed by atoms with E-state index < -0.39 is 0 Å². The van der Waals surface area contributed by atoms with Gasteiger partial charge in [-0.25, -0.2) is 4.79 Å². The third-order valence-electron chi connectivity index (χ3n) is 3.77. The van der Waals surface area contributed by atoms with Crippen LogP contribution < -0.4 is 16.0 Å². The van der Waals surface area contributed by atoms with Crippen molar-refractivity contribution in [3.05, 3.63) is 72.1 Å². The number of anilines is 1. The molecule has 3 N–H and O–H groups in total. The quantitative estimate of drug-likeness (QED) is 0.686. The summed E-state index contributed by atoms with van der Waals surface area (Å²) in [5.41, 5.74) is 2.11. The summed E-state index contributed by atoms with van der Waals surface area (Å²) in [7, 11) is 1.58. The van der Waals surface area contributed by atoms with Gasteiger partial charge < -0.3 is 16.0 Å². The highest BCUT2D eigenvalue weighted by Gasteiger charge is 2.06. The molecule has 0 aliphatic carbocycles. The number of carbonyl (C=O) groups is 2. The molecule has 6 nitrogen and oxygen atoms in total. The molecular formula is C19H18N4O2. The van der Waals surface area contributed by atoms with Crippen LogP contribution >= 0.6 is 0 Å². The van der Waals surface area contributed by atoms with Gasteiger partial charge in [-0.3, -0.25) is 9.78 Å². The molecule has 126 valence electrons. The van der Waals surface area contributed by atoms with Crippen molar-refractivity contribution in [1.29, 1.82) is 0 Å². The van der Waals surface area contributed by atoms with Crippen molar-refractivity contribution < 1.29 is 9.59 Å². The Labute approximate surface area is 145 Å². The molecule has 25 heavy (non-hydrogen) atoms. The van der Waals surface area contributed by atoms with E-state index in [9.17, 15) is 9.59 Å². The Kier molecular flexibility index (Phi) is 4.89. The molecule has 0 saturated heterocycles. The molecule has 1 heterocycles. The van der Waals surface area contributed by atoms with Crippen LogP contribution in [0, 0.1) is 0 Å². The molecule has 3 aromatic rings. The Morgan fingerprint density at radius 1 is 1.04 bits per heavy atom. The van der Waals surface area contributed by atoms with Gasteiger partial charge >= 0.3 is 6.03 Å². The van der Waals surface area contributed by atoms with Gasteiger partial charge in [-0.05, 0) is 41.3 Å². The van der Waals surface area contributed by atoms with Crippen LogP contribution in [0.25, 0.3) is 10.8 Å². The zero-order valence-electron chi connectivity index (χ0n) is 13.7. The van der Waals surface area contributed by atoms with Crippen LogP contribution in [0.1, 0.15) is 15.9 Å². The number of hydrogen-bond donors (Lipinski definition) is 3. The summed E-state index contributed by atoms with van der Waals surface area (Å²) in [6, 6.07) is 14.3. The van der Waals surface area contributed by atoms with Gasteiger partial charge in [0, 0.05) is 42.6 Å². The fourth-order valence-electron chi connectivity index (χ4n) is 2.49. The number of nitrogens with one attached hydrogen (secondary N) is 3. The fourth-order valence-corrected chi connectivity index (χ4v) is 2.49. The van der Waals surface area contributed by atoms with E-state index in [1.807, 2.05) is 30.3 Å². The minimum atomic E-state index is -0.307. The van der Waals surface area contributed by atoms with E-state index in [4.69, 9.17) is 0 Å². The molecule has 0 aliphatic rings. The third-order valence-corrected chi connectivity index (χ3v) is 3.77. The summed E-state index contributed by atoms with van der Waals surface area (Å²) in [6.07, 6.45) is 3.49. The number of urea groups is 1. The van der Waals surface area contributed by atoms with Crippen LogP contribution in [-0.4, -0.2) is 24.0 Å². The molecule has 6 heteroatoms. The van der Waals surface area contributed by atoms with Gasteiger partial charge in [0.1, 0.15) is 0 Å². The molecule has 0 spiro atoms. The third kappa shape index (κ3) is 4.11. The predicted molar refractivity (Wildman–Crippen MR) is 97.4 cm³/mol. The van der Waals surface area contributed by atoms with Gasteiger partial charge in [-0.1, -0.05) is 18.2 Å². The van der Waals surface area contributed by atoms with Crippen LogP contribution in [0.2, 0.25) is 0 Å². The Morgan fingerprint density at radius 2 is 1.92 bits per heavy atom. The van der Waals surface area contributed by atoms with Gasteiger partial charge in [0.25, 0.3) is 5.91 Å². The maximum absolute atomic E-state index is 12.1. The SMILES string of the molecule is CNC(=O)c1cccc(CNC(=O)Nc2ccc3cnccc3c2)c1. The lowest BCUT2D eigenvalue weighted by atomic mass is 10.1. The molecule has 0 unspecified atom stereocenters. The number of fused-ring (bicyclic) bond motifs is 1. The van der Waals surface area contributed by atoms with Crippen molar-refractivity contribution in [2.75, 3.05) is 12.4 Å². The zero-order chi connectivity index (χ0) is 17.6. The highest BCUT2D eigenvalue weighted by Crippen LogP contribution is 2.17. The Bertz CT molecular complexity index is 924. The molecule has 3 amide bonds. The second kappa shape index (κ2) is 7.44. The molecular weight excluding hydrogens is 316 g/mol. The Hall–Kier alpha value is -3.41. The number of pyridine rings is 1. The number of amides is 3. The first-order chi connectivity index (χ1) is 12.2. The minimum Gasteiger partial charge on any atom is -0.355 e. The van der Waals surface area contributed by atoms with E-state index in [-0.39, 0.29) is 11.9 Å². The summed E-state index contributed by atoms with van der Waals surface area (Å²) >= 11 is 0. The van der Waals surface area contributed by atoms with E-state index in [2.05, 4.69) is 20.9 Å². The Morgan fingerprint density at radius 3 is 2.76 bits per heavy atom. The second-order valence-corrected chi connectivity index (χ2v) is 5.52. The number of carbonyl (C=O) groups excluding carboxylic acids is 2. The van der Waals surface area contributed by atoms with E-state index in [1.54, 1.807) is 37.6 Å². The highest BCUT2D eigenvalue weighted by atomic mass is 16.2. The molecule has 0 bridgehead atoms. The van der Waals surface area contributed by atoms with Crippen molar-refractivity contribution in [1.82, 2.24) is 15.6 Å². The lowest BCUT2D eigenvalue weighted by Gasteiger charge is -2.09. The predicted octanol–water partition coefficient (Wildman–Crippen LogP) is 2.92. The molecule has 0 radical (unpaired) electrons. The van der Waals surface area contributed by atoms with Crippen LogP contribution in [-0.2, 0) is 6.54 Å². The van der Waals surface area contributed by atoms with E-state index in [1.165, 1.54) is 0 Å². The Balaban J connectivity index is 1.61. The summed E-state index contributed by atoms with van der Waals surface area (Å²) in [4.78, 5) is 27.8. The smallest absolute Gasteiger partial charge is 0.319 e. The van der Waals surface area contributed by atoms with Gasteiger partial charge in [0.2, 0.25) is 0 Å². The first-order valence-corrected chi connectivity index (χ1v) is 7.85. The topological polar surface area (TPSA) is 83.1 Å². The molecule has 0 fully saturated rings. The monoisotopic (exact) mass is 334 g/mol. The molecule has 2 aromatic carbocycles. The van der Waals surface area contributed by atoms with Gasteiger partial charge in [-0.15, -0.1) is 0 Å². The number of aromatic nitrogens is 1. The number of benzene rings is 2. The first kappa shape index (κ1) is 16.4. The van der Waals surface area contributed by atoms with Crippen LogP contribution in [0.3, 0.4) is 0 Å². The number of hydrogen-bond acceptors (Lipinski definition) is 3. The summed E-state index contributed by atoms with van der Waals surface area (Å²) in [5, 5.41) is 10.2. The van der Waals surface area contributed by atoms with Gasteiger partial charge in [0.15, 0.2) is 0 Å². The molecule has 0 atom stereocenters. The highest BCUT2D eigenvalue weighted by molar-refractivity contribution is 5.94. The second-order valence-electron chi connectivity index (χ2n) is 5.52. The summed E-state index contributed by atoms with van der Waals surface area (Å²) in [6.45, 7) is 0.328. The maximum atomic E-state index is 12.1. The zero-order valence-corrected chi connectivity index (χ0v) is 13.7. The normalized spacial score (nSPS) is 10.3. The molecule has 0 saturated carbocycles. The average molecular weight is 334 g/mol. The van der Waals surface area contributed by atoms with Gasteiger partial charge in [-0.2, -0.15) is 0 Å². The van der Waals surface area contributed by atoms with Crippen molar-refractivity contribution in [2.24, 2.45) is 0 Å². The lowest BCUT2D eigenvalue weighted by molar-refractivity contribution is 0.0963. The molecule has 1 aromatic heterocycles. The minimum absolute atomic E-state index is 0.156. The van der Waals surface area contributed by atoms with E-state index in [0.717, 1.165) is 16.3 Å². The van der Waals surface area contributed by atoms with Crippen molar-refractivity contribution in [2.45, 2.75) is 6.54 Å². The summed E-state index contributed by atoms with van der Waals surface area (Å²) in [5.74, 6) is -0.156. The molecule has 0 aliphatic heterocycles. The van der Waals surface area contributed by atoms with Crippen LogP contribution in [0.5, 0.6) is 0 Å². The maximum Gasteiger partial charge on any atom is 0.319 e. The van der Waals surface area contributed by atoms with Crippen molar-refractivity contribution in [3.8, 4) is 0 Å². The number of rotatable bonds is 4. The first-order valence-electron chi connectivity index (χ1n) is 7.85. The van der Waals surface area contributed by atoms with Crippen molar-refractivity contribution in [3.63, 3.8) is 0 Å². The van der Waals surface area contributed by atoms with Crippen molar-refractivity contribution >= 4 is 28.4 Å². The van der Waals surface area contributed by atoms with Crippen LogP contribution in [0.15, 0.2) is 60.9 Å². The lowest BCUT2D eigenvalue weighted by Crippen LogP contribution is -2.28. The molecule has 3 rings (SSSR count). The van der Waals surface area contributed by atoms with E-state index >= 15 is 0 Å². The van der Waals surface area contributed by atoms with Crippen LogP contribution in [0.4, 0.5) is 10.5 Å². The van der Waals surface area contributed by atoms with Gasteiger partial charge in [0.05, 0.1) is 0 Å². The fraction of sp³-hybridized carbons (Fsp3) is 0.105. The standard InChI is InChI=1S/C19H18N4O2/c1-20-18(24)15-4-2-3-13(9-15)11-22-19(25)23-17-6-5-16-12-21-8-7-14(16)10-17/h2-10,12H,11H2,1H3,(H,20,24)(H2,22,23,25). The van der Waals surface area contributed by atoms with E-state index in [0.29, 0.717) is 17.8 Å². The largest absolute Gasteiger partial charge is 0.355 e. The summed E-state index contributed by atoms with van der Waals surface area (Å²) < 4.78 is 0. The average Bonchev–Trinajstić information content (AvgIpc) is 2.66.